The molecule has 6 atom stereocenters. The molecule has 30 heavy (non-hydrogen) atoms. The minimum Gasteiger partial charge on any atom is -0.478 e. The van der Waals surface area contributed by atoms with Crippen molar-refractivity contribution in [2.24, 2.45) is 0 Å². The molecule has 0 radical (unpaired) electrons. The maximum Gasteiger partial charge on any atom is 0.347 e. The lowest BCUT2D eigenvalue weighted by molar-refractivity contribution is -0.205. The zero-order valence-electron chi connectivity index (χ0n) is 16.7. The van der Waals surface area contributed by atoms with Gasteiger partial charge in [0.2, 0.25) is 10.8 Å². The van der Waals surface area contributed by atoms with Crippen LogP contribution in [0.4, 0.5) is 0 Å². The van der Waals surface area contributed by atoms with Gasteiger partial charge in [-0.1, -0.05) is 43.3 Å². The van der Waals surface area contributed by atoms with E-state index in [2.05, 4.69) is 5.32 Å². The largest absolute Gasteiger partial charge is 0.478 e. The summed E-state index contributed by atoms with van der Waals surface area (Å²) in [6.45, 7) is 1.11. The number of ether oxygens (including phenoxy) is 1. The van der Waals surface area contributed by atoms with E-state index in [0.29, 0.717) is 11.3 Å². The van der Waals surface area contributed by atoms with Crippen LogP contribution in [0.25, 0.3) is 0 Å². The molecule has 1 heterocycles. The Bertz CT molecular complexity index is 705. The number of carbonyl (C=O) groups is 2. The van der Waals surface area contributed by atoms with Crippen LogP contribution in [0.1, 0.15) is 32.6 Å². The van der Waals surface area contributed by atoms with Gasteiger partial charge in [0.25, 0.3) is 0 Å². The summed E-state index contributed by atoms with van der Waals surface area (Å²) in [5.41, 5.74) is 0. The molecule has 168 valence electrons. The molecule has 0 spiro atoms. The summed E-state index contributed by atoms with van der Waals surface area (Å²) >= 11 is 0.849. The van der Waals surface area contributed by atoms with Gasteiger partial charge in [0.15, 0.2) is 0 Å². The molecule has 1 amide bonds. The number of carboxylic acid groups (broad SMARTS) is 1. The van der Waals surface area contributed by atoms with Gasteiger partial charge in [-0.25, -0.2) is 4.79 Å². The highest BCUT2D eigenvalue weighted by atomic mass is 32.2. The molecule has 0 bridgehead atoms. The van der Waals surface area contributed by atoms with E-state index in [1.165, 1.54) is 0 Å². The Morgan fingerprint density at radius 1 is 1.30 bits per heavy atom. The summed E-state index contributed by atoms with van der Waals surface area (Å²) < 4.78 is 5.78. The van der Waals surface area contributed by atoms with Crippen LogP contribution in [-0.4, -0.2) is 79.4 Å². The Hall–Kier alpha value is -1.69. The molecule has 1 aromatic rings. The Morgan fingerprint density at radius 2 is 1.97 bits per heavy atom. The predicted molar refractivity (Wildman–Crippen MR) is 109 cm³/mol. The van der Waals surface area contributed by atoms with Gasteiger partial charge in [0.1, 0.15) is 18.3 Å². The quantitative estimate of drug-likeness (QED) is 0.295. The summed E-state index contributed by atoms with van der Waals surface area (Å²) in [7, 11) is 0. The molecule has 0 aliphatic carbocycles. The van der Waals surface area contributed by atoms with Gasteiger partial charge < -0.3 is 35.6 Å². The number of amides is 1. The Labute approximate surface area is 179 Å². The fourth-order valence-corrected chi connectivity index (χ4v) is 4.45. The van der Waals surface area contributed by atoms with E-state index in [9.17, 15) is 35.1 Å². The number of hydrogen-bond donors (Lipinski definition) is 6. The molecule has 0 saturated carbocycles. The maximum absolute atomic E-state index is 12.2. The van der Waals surface area contributed by atoms with Crippen molar-refractivity contribution in [3.63, 3.8) is 0 Å². The fraction of sp³-hybridized carbons (Fsp3) is 0.600. The van der Waals surface area contributed by atoms with Crippen LogP contribution in [0.3, 0.4) is 0 Å². The summed E-state index contributed by atoms with van der Waals surface area (Å²) in [4.78, 5) is 23.0. The van der Waals surface area contributed by atoms with Crippen molar-refractivity contribution in [2.45, 2.75) is 72.9 Å². The number of unbranched alkanes of at least 4 members (excludes halogenated alkanes) is 1. The van der Waals surface area contributed by atoms with Crippen molar-refractivity contribution >= 4 is 23.6 Å². The second-order valence-corrected chi connectivity index (χ2v) is 8.60. The van der Waals surface area contributed by atoms with E-state index in [1.54, 1.807) is 30.3 Å². The second kappa shape index (κ2) is 11.1. The summed E-state index contributed by atoms with van der Waals surface area (Å²) in [6.07, 6.45) is -5.00. The van der Waals surface area contributed by atoms with Crippen molar-refractivity contribution in [2.75, 3.05) is 6.61 Å². The van der Waals surface area contributed by atoms with E-state index < -0.39 is 53.9 Å². The predicted octanol–water partition coefficient (Wildman–Crippen LogP) is 0.0985. The lowest BCUT2D eigenvalue weighted by Gasteiger charge is -2.46. The fourth-order valence-electron chi connectivity index (χ4n) is 3.27. The number of rotatable bonds is 10. The van der Waals surface area contributed by atoms with Crippen LogP contribution in [0, 0.1) is 0 Å². The molecule has 6 N–H and O–H groups in total. The zero-order valence-corrected chi connectivity index (χ0v) is 17.5. The molecule has 9 nitrogen and oxygen atoms in total. The third kappa shape index (κ3) is 5.93. The number of benzene rings is 1. The van der Waals surface area contributed by atoms with Crippen LogP contribution in [0.15, 0.2) is 35.2 Å². The van der Waals surface area contributed by atoms with Crippen LogP contribution in [-0.2, 0) is 14.3 Å². The van der Waals surface area contributed by atoms with Gasteiger partial charge in [-0.3, -0.25) is 4.79 Å². The van der Waals surface area contributed by atoms with Crippen molar-refractivity contribution in [3.05, 3.63) is 30.3 Å². The van der Waals surface area contributed by atoms with Crippen LogP contribution in [0.5, 0.6) is 0 Å². The number of carbonyl (C=O) groups excluding carboxylic acids is 1. The monoisotopic (exact) mass is 443 g/mol. The van der Waals surface area contributed by atoms with Gasteiger partial charge >= 0.3 is 5.97 Å². The third-order valence-corrected chi connectivity index (χ3v) is 6.20. The molecule has 1 aromatic carbocycles. The first-order valence-corrected chi connectivity index (χ1v) is 10.7. The summed E-state index contributed by atoms with van der Waals surface area (Å²) in [5, 5.41) is 52.9. The highest BCUT2D eigenvalue weighted by Gasteiger charge is 2.55. The number of aliphatic hydroxyl groups excluding tert-OH is 4. The molecule has 2 rings (SSSR count). The summed E-state index contributed by atoms with van der Waals surface area (Å²) in [5.74, 6) is -1.76. The van der Waals surface area contributed by atoms with Crippen molar-refractivity contribution in [1.29, 1.82) is 0 Å². The van der Waals surface area contributed by atoms with Crippen molar-refractivity contribution < 1.29 is 39.9 Å². The van der Waals surface area contributed by atoms with Crippen LogP contribution >= 0.6 is 11.8 Å². The van der Waals surface area contributed by atoms with E-state index in [-0.39, 0.29) is 12.8 Å². The maximum atomic E-state index is 12.2. The SMILES string of the molecule is CCCCC(=O)N[C@H]1[C@H]([C@H](O)[C@H](O)CO)O[C@@](Sc2ccccc2)(C(=O)O)C[C@@H]1O. The Balaban J connectivity index is 2.34. The number of aliphatic carboxylic acids is 1. The standard InChI is InChI=1S/C20H29NO8S/c1-2-3-9-15(25)21-16-13(23)10-20(19(27)28,30-12-7-5-4-6-8-12)29-18(16)17(26)14(24)11-22/h4-8,13-14,16-18,22-24,26H,2-3,9-11H2,1H3,(H,21,25)(H,27,28)/t13-,14+,16+,17+,18+,20-/m0/s1. The topological polar surface area (TPSA) is 157 Å². The minimum atomic E-state index is -1.97. The van der Waals surface area contributed by atoms with Gasteiger partial charge in [-0.15, -0.1) is 0 Å². The molecular formula is C20H29NO8S. The van der Waals surface area contributed by atoms with Crippen LogP contribution in [0.2, 0.25) is 0 Å². The number of thioether (sulfide) groups is 1. The van der Waals surface area contributed by atoms with Gasteiger partial charge in [-0.2, -0.15) is 0 Å². The minimum absolute atomic E-state index is 0.188. The second-order valence-electron chi connectivity index (χ2n) is 7.26. The average Bonchev–Trinajstić information content (AvgIpc) is 2.73. The number of nitrogens with one attached hydrogen (secondary N) is 1. The van der Waals surface area contributed by atoms with E-state index >= 15 is 0 Å². The first-order chi connectivity index (χ1) is 14.2. The molecule has 10 heteroatoms. The Morgan fingerprint density at radius 3 is 2.53 bits per heavy atom. The normalized spacial score (nSPS) is 28.5. The summed E-state index contributed by atoms with van der Waals surface area (Å²) in [6, 6.07) is 7.40. The number of carboxylic acids is 1. The molecule has 1 aliphatic heterocycles. The first-order valence-electron chi connectivity index (χ1n) is 9.83. The van der Waals surface area contributed by atoms with Crippen LogP contribution < -0.4 is 5.32 Å². The average molecular weight is 444 g/mol. The van der Waals surface area contributed by atoms with Gasteiger partial charge in [0.05, 0.1) is 18.8 Å². The number of hydrogen-bond acceptors (Lipinski definition) is 8. The smallest absolute Gasteiger partial charge is 0.347 e. The van der Waals surface area contributed by atoms with Gasteiger partial charge in [0, 0.05) is 17.7 Å². The molecular weight excluding hydrogens is 414 g/mol. The van der Waals surface area contributed by atoms with E-state index in [1.807, 2.05) is 6.92 Å². The molecule has 1 saturated heterocycles. The third-order valence-electron chi connectivity index (χ3n) is 4.93. The molecule has 1 fully saturated rings. The first kappa shape index (κ1) is 24.6. The molecule has 0 aromatic heterocycles. The lowest BCUT2D eigenvalue weighted by atomic mass is 9.89. The lowest BCUT2D eigenvalue weighted by Crippen LogP contribution is -2.66. The molecule has 0 unspecified atom stereocenters. The van der Waals surface area contributed by atoms with Gasteiger partial charge in [-0.05, 0) is 18.6 Å². The van der Waals surface area contributed by atoms with Crippen molar-refractivity contribution in [1.82, 2.24) is 5.32 Å². The highest BCUT2D eigenvalue weighted by Crippen LogP contribution is 2.43. The zero-order chi connectivity index (χ0) is 22.3. The molecule has 1 aliphatic rings. The van der Waals surface area contributed by atoms with E-state index in [4.69, 9.17) is 4.74 Å². The van der Waals surface area contributed by atoms with E-state index in [0.717, 1.165) is 18.2 Å². The highest BCUT2D eigenvalue weighted by molar-refractivity contribution is 8.01. The van der Waals surface area contributed by atoms with Crippen molar-refractivity contribution in [3.8, 4) is 0 Å². The number of aliphatic hydroxyl groups is 4. The Kier molecular flexibility index (Phi) is 9.08.